The van der Waals surface area contributed by atoms with Crippen LogP contribution in [0.15, 0.2) is 35.4 Å². The lowest BCUT2D eigenvalue weighted by molar-refractivity contribution is -0.134. The van der Waals surface area contributed by atoms with Crippen LogP contribution in [0.5, 0.6) is 0 Å². The summed E-state index contributed by atoms with van der Waals surface area (Å²) in [6.45, 7) is 0.168. The molecule has 2 bridgehead atoms. The number of aliphatic hydroxyl groups is 1. The number of imidazole rings is 1. The molecule has 4 N–H and O–H groups in total. The van der Waals surface area contributed by atoms with E-state index >= 15 is 0 Å². The van der Waals surface area contributed by atoms with Crippen LogP contribution < -0.4 is 16.7 Å². The third-order valence-electron chi connectivity index (χ3n) is 8.20. The van der Waals surface area contributed by atoms with Crippen molar-refractivity contribution in [3.63, 3.8) is 0 Å². The standard InChI is InChI=1S/C27H28F3N7O3S/c1-25(2,40)14-7-15(22-33-12-19(41-22)27(28,29)30)34-21(8-14)35-20-9-16-17(11-32-20)36(3)24(39)37(16)18-6-13-4-5-26(18,10-13)23(31)38/h7-9,11-13,18,40H,4-6,10H2,1-3H3,(H2,31,38)(H,32,34,35)/i3D3. The molecule has 216 valence electrons. The Labute approximate surface area is 240 Å². The highest BCUT2D eigenvalue weighted by Crippen LogP contribution is 2.59. The van der Waals surface area contributed by atoms with Crippen molar-refractivity contribution in [2.24, 2.45) is 24.0 Å². The normalized spacial score (nSPS) is 23.9. The Morgan fingerprint density at radius 2 is 2.00 bits per heavy atom. The maximum atomic E-state index is 13.7. The number of aromatic nitrogens is 5. The minimum Gasteiger partial charge on any atom is -0.386 e. The molecule has 4 aromatic rings. The zero-order chi connectivity index (χ0) is 32.0. The lowest BCUT2D eigenvalue weighted by Gasteiger charge is -2.33. The number of nitrogens with one attached hydrogen (secondary N) is 1. The number of alkyl halides is 3. The second-order valence-electron chi connectivity index (χ2n) is 11.3. The highest BCUT2D eigenvalue weighted by atomic mass is 32.1. The van der Waals surface area contributed by atoms with E-state index in [1.807, 2.05) is 0 Å². The topological polar surface area (TPSA) is 141 Å². The van der Waals surface area contributed by atoms with E-state index in [0.717, 1.165) is 6.42 Å². The number of nitrogens with two attached hydrogens (primary N) is 1. The van der Waals surface area contributed by atoms with E-state index in [9.17, 15) is 27.9 Å². The first-order valence-corrected chi connectivity index (χ1v) is 13.7. The van der Waals surface area contributed by atoms with Gasteiger partial charge in [0.15, 0.2) is 0 Å². The molecule has 2 aliphatic carbocycles. The van der Waals surface area contributed by atoms with Gasteiger partial charge in [-0.3, -0.25) is 13.9 Å². The van der Waals surface area contributed by atoms with Crippen LogP contribution in [0.2, 0.25) is 0 Å². The van der Waals surface area contributed by atoms with E-state index in [2.05, 4.69) is 20.3 Å². The summed E-state index contributed by atoms with van der Waals surface area (Å²) in [5, 5.41) is 13.7. The molecule has 10 nitrogen and oxygen atoms in total. The Kier molecular flexibility index (Phi) is 5.31. The SMILES string of the molecule is [2H]C([2H])([2H])n1c(=O)n(C2CC3CCC2(C(N)=O)C3)c2cc(Nc3cc(C(C)(C)O)cc(-c4ncc(C(F)(F)F)s4)n3)ncc21. The van der Waals surface area contributed by atoms with Crippen molar-refractivity contribution in [1.82, 2.24) is 24.1 Å². The van der Waals surface area contributed by atoms with Gasteiger partial charge in [-0.2, -0.15) is 13.2 Å². The molecule has 2 saturated carbocycles. The minimum atomic E-state index is -4.59. The lowest BCUT2D eigenvalue weighted by atomic mass is 9.79. The molecule has 2 aliphatic rings. The van der Waals surface area contributed by atoms with E-state index < -0.39 is 46.7 Å². The van der Waals surface area contributed by atoms with Crippen LogP contribution in [0.1, 0.15) is 60.1 Å². The van der Waals surface area contributed by atoms with Gasteiger partial charge < -0.3 is 16.2 Å². The van der Waals surface area contributed by atoms with Gasteiger partial charge in [0.05, 0.1) is 40.5 Å². The number of hydrogen-bond donors (Lipinski definition) is 3. The predicted octanol–water partition coefficient (Wildman–Crippen LogP) is 4.46. The minimum absolute atomic E-state index is 0.0217. The molecular weight excluding hydrogens is 559 g/mol. The summed E-state index contributed by atoms with van der Waals surface area (Å²) >= 11 is 0.404. The van der Waals surface area contributed by atoms with Crippen LogP contribution in [0.3, 0.4) is 0 Å². The summed E-state index contributed by atoms with van der Waals surface area (Å²) in [7, 11) is 0. The van der Waals surface area contributed by atoms with Gasteiger partial charge >= 0.3 is 11.9 Å². The molecule has 6 rings (SSSR count). The molecule has 0 aromatic carbocycles. The molecular formula is C27H28F3N7O3S. The zero-order valence-corrected chi connectivity index (χ0v) is 22.8. The highest BCUT2D eigenvalue weighted by molar-refractivity contribution is 7.15. The molecule has 0 radical (unpaired) electrons. The van der Waals surface area contributed by atoms with Crippen LogP contribution in [0.4, 0.5) is 24.8 Å². The number of primary amides is 1. The van der Waals surface area contributed by atoms with Crippen LogP contribution in [0, 0.1) is 11.3 Å². The number of fused-ring (bicyclic) bond motifs is 3. The van der Waals surface area contributed by atoms with Gasteiger partial charge in [0.2, 0.25) is 5.91 Å². The van der Waals surface area contributed by atoms with Crippen LogP contribution in [-0.4, -0.2) is 35.1 Å². The first-order chi connectivity index (χ1) is 20.4. The van der Waals surface area contributed by atoms with Gasteiger partial charge in [-0.15, -0.1) is 11.3 Å². The lowest BCUT2D eigenvalue weighted by Crippen LogP contribution is -2.43. The summed E-state index contributed by atoms with van der Waals surface area (Å²) in [5.74, 6) is -0.131. The quantitative estimate of drug-likeness (QED) is 0.301. The number of nitrogens with zero attached hydrogens (tertiary/aromatic N) is 5. The maximum absolute atomic E-state index is 13.7. The first-order valence-electron chi connectivity index (χ1n) is 14.4. The molecule has 3 atom stereocenters. The van der Waals surface area contributed by atoms with Gasteiger partial charge in [-0.05, 0) is 63.1 Å². The number of carbonyl (C=O) groups excluding carboxylic acids is 1. The number of carbonyl (C=O) groups is 1. The van der Waals surface area contributed by atoms with Crippen molar-refractivity contribution in [2.75, 3.05) is 5.32 Å². The van der Waals surface area contributed by atoms with Gasteiger partial charge in [0.1, 0.15) is 27.2 Å². The van der Waals surface area contributed by atoms with E-state index in [1.54, 1.807) is 0 Å². The number of anilines is 2. The monoisotopic (exact) mass is 590 g/mol. The number of rotatable bonds is 6. The smallest absolute Gasteiger partial charge is 0.386 e. The molecule has 2 fully saturated rings. The molecule has 0 saturated heterocycles. The third kappa shape index (κ3) is 4.49. The molecule has 0 aliphatic heterocycles. The fourth-order valence-electron chi connectivity index (χ4n) is 6.16. The Balaban J connectivity index is 1.47. The average Bonchev–Trinajstić information content (AvgIpc) is 3.68. The van der Waals surface area contributed by atoms with E-state index in [1.165, 1.54) is 42.8 Å². The van der Waals surface area contributed by atoms with Crippen molar-refractivity contribution in [2.45, 2.75) is 57.3 Å². The molecule has 3 unspecified atom stereocenters. The van der Waals surface area contributed by atoms with Crippen LogP contribution >= 0.6 is 11.3 Å². The number of pyridine rings is 2. The maximum Gasteiger partial charge on any atom is 0.427 e. The van der Waals surface area contributed by atoms with Crippen LogP contribution in [0.25, 0.3) is 21.7 Å². The van der Waals surface area contributed by atoms with Crippen molar-refractivity contribution >= 4 is 39.9 Å². The third-order valence-corrected chi connectivity index (χ3v) is 9.26. The fraction of sp³-hybridized carbons (Fsp3) is 0.444. The number of thiazole rings is 1. The van der Waals surface area contributed by atoms with Crippen LogP contribution in [-0.2, 0) is 23.5 Å². The molecule has 0 spiro atoms. The molecule has 4 aromatic heterocycles. The zero-order valence-electron chi connectivity index (χ0n) is 25.0. The Hall–Kier alpha value is -3.78. The highest BCUT2D eigenvalue weighted by Gasteiger charge is 2.57. The van der Waals surface area contributed by atoms with Crippen molar-refractivity contribution in [3.8, 4) is 10.7 Å². The van der Waals surface area contributed by atoms with Crippen molar-refractivity contribution < 1.29 is 27.2 Å². The number of halogens is 3. The number of aryl methyl sites for hydroxylation is 1. The Morgan fingerprint density at radius 1 is 1.22 bits per heavy atom. The Bertz CT molecular complexity index is 1860. The number of amides is 1. The predicted molar refractivity (Wildman–Crippen MR) is 146 cm³/mol. The van der Waals surface area contributed by atoms with E-state index in [-0.39, 0.29) is 39.3 Å². The summed E-state index contributed by atoms with van der Waals surface area (Å²) in [5.41, 5.74) is 3.30. The second-order valence-corrected chi connectivity index (χ2v) is 12.3. The van der Waals surface area contributed by atoms with Gasteiger partial charge in [0.25, 0.3) is 0 Å². The average molecular weight is 591 g/mol. The molecule has 1 amide bonds. The van der Waals surface area contributed by atoms with Gasteiger partial charge in [-0.1, -0.05) is 0 Å². The largest absolute Gasteiger partial charge is 0.427 e. The van der Waals surface area contributed by atoms with Gasteiger partial charge in [0, 0.05) is 17.2 Å². The summed E-state index contributed by atoms with van der Waals surface area (Å²) < 4.78 is 65.8. The van der Waals surface area contributed by atoms with Crippen molar-refractivity contribution in [3.05, 3.63) is 51.5 Å². The summed E-state index contributed by atoms with van der Waals surface area (Å²) in [6, 6.07) is 3.74. The van der Waals surface area contributed by atoms with E-state index in [0.29, 0.717) is 46.9 Å². The molecule has 4 heterocycles. The first kappa shape index (κ1) is 23.9. The van der Waals surface area contributed by atoms with Gasteiger partial charge in [-0.25, -0.2) is 19.7 Å². The van der Waals surface area contributed by atoms with E-state index in [4.69, 9.17) is 9.85 Å². The Morgan fingerprint density at radius 3 is 2.63 bits per heavy atom. The summed E-state index contributed by atoms with van der Waals surface area (Å²) in [4.78, 5) is 38.1. The van der Waals surface area contributed by atoms with Crippen molar-refractivity contribution in [1.29, 1.82) is 0 Å². The number of hydrogen-bond acceptors (Lipinski definition) is 8. The molecule has 41 heavy (non-hydrogen) atoms. The second kappa shape index (κ2) is 9.11. The fourth-order valence-corrected chi connectivity index (χ4v) is 6.91. The summed E-state index contributed by atoms with van der Waals surface area (Å²) in [6.07, 6.45) is -0.371. The molecule has 14 heteroatoms.